The minimum atomic E-state index is -5.56. The third-order valence-corrected chi connectivity index (χ3v) is 12.8. The number of imidazole rings is 1. The van der Waals surface area contributed by atoms with Crippen molar-refractivity contribution in [2.45, 2.75) is 83.0 Å². The van der Waals surface area contributed by atoms with Gasteiger partial charge in [0, 0.05) is 36.6 Å². The molecule has 3 heterocycles. The first-order chi connectivity index (χ1) is 26.1. The first-order valence-corrected chi connectivity index (χ1v) is 22.7. The number of aromatic nitrogens is 4. The predicted molar refractivity (Wildman–Crippen MR) is 194 cm³/mol. The van der Waals surface area contributed by atoms with Gasteiger partial charge in [-0.1, -0.05) is 44.9 Å². The van der Waals surface area contributed by atoms with Crippen molar-refractivity contribution in [3.63, 3.8) is 0 Å². The molecule has 1 aliphatic carbocycles. The Morgan fingerprint density at radius 2 is 1.71 bits per heavy atom. The standard InChI is InChI=1S/C28H46N7O17P3S/c1-28(2,22(38)25(39)31-9-8-18(36)30-10-11-56-27(40)16-6-4-3-5-7-16)13-49-55(46,47)52-54(44,45)48-12-17-21(51-53(41,42)43)20(37)26(50-17)35-15-34-19-23(29)32-14-33-24(19)35/h14-17,20-22,26,37-38H,3-13H2,1-2H3,(H,30,36)(H,31,39)(H,44,45)(H,46,47)(H2,29,32,33)(H2,41,42,43)/t17-,20-,21-,22?,26-/m1/s1. The summed E-state index contributed by atoms with van der Waals surface area (Å²) in [6.45, 7) is 0.585. The number of ether oxygens (including phenoxy) is 1. The van der Waals surface area contributed by atoms with Crippen LogP contribution in [0.25, 0.3) is 11.2 Å². The molecule has 7 atom stereocenters. The van der Waals surface area contributed by atoms with E-state index in [1.807, 2.05) is 0 Å². The molecule has 316 valence electrons. The molecule has 24 nitrogen and oxygen atoms in total. The average Bonchev–Trinajstić information content (AvgIpc) is 3.68. The fourth-order valence-electron chi connectivity index (χ4n) is 5.74. The van der Waals surface area contributed by atoms with Crippen LogP contribution in [-0.2, 0) is 50.7 Å². The third-order valence-electron chi connectivity index (χ3n) is 8.68. The minimum absolute atomic E-state index is 0.0332. The van der Waals surface area contributed by atoms with Crippen LogP contribution in [0.5, 0.6) is 0 Å². The van der Waals surface area contributed by atoms with Crippen molar-refractivity contribution in [3.05, 3.63) is 12.7 Å². The Labute approximate surface area is 324 Å². The molecule has 2 amide bonds. The maximum absolute atomic E-state index is 12.7. The zero-order valence-corrected chi connectivity index (χ0v) is 33.7. The van der Waals surface area contributed by atoms with E-state index in [1.54, 1.807) is 0 Å². The highest BCUT2D eigenvalue weighted by molar-refractivity contribution is 8.13. The molecule has 4 rings (SSSR count). The van der Waals surface area contributed by atoms with Gasteiger partial charge in [-0.25, -0.2) is 28.6 Å². The van der Waals surface area contributed by atoms with Gasteiger partial charge in [0.2, 0.25) is 11.8 Å². The monoisotopic (exact) mass is 877 g/mol. The summed E-state index contributed by atoms with van der Waals surface area (Å²) in [5.41, 5.74) is 4.28. The highest BCUT2D eigenvalue weighted by Gasteiger charge is 2.50. The fraction of sp³-hybridized carbons (Fsp3) is 0.714. The quantitative estimate of drug-likeness (QED) is 0.0635. The smallest absolute Gasteiger partial charge is 0.386 e. The minimum Gasteiger partial charge on any atom is -0.386 e. The van der Waals surface area contributed by atoms with Crippen molar-refractivity contribution >= 4 is 69.1 Å². The summed E-state index contributed by atoms with van der Waals surface area (Å²) in [6, 6.07) is 0. The zero-order valence-electron chi connectivity index (χ0n) is 30.2. The molecule has 28 heteroatoms. The van der Waals surface area contributed by atoms with E-state index < -0.39 is 84.6 Å². The molecule has 0 bridgehead atoms. The van der Waals surface area contributed by atoms with Gasteiger partial charge in [-0.2, -0.15) is 4.31 Å². The number of amides is 2. The van der Waals surface area contributed by atoms with Crippen molar-refractivity contribution in [1.82, 2.24) is 30.2 Å². The Morgan fingerprint density at radius 3 is 2.39 bits per heavy atom. The van der Waals surface area contributed by atoms with Crippen LogP contribution in [0.15, 0.2) is 12.7 Å². The van der Waals surface area contributed by atoms with Crippen LogP contribution >= 0.6 is 35.2 Å². The Kier molecular flexibility index (Phi) is 16.1. The van der Waals surface area contributed by atoms with E-state index in [0.29, 0.717) is 5.75 Å². The Balaban J connectivity index is 1.22. The van der Waals surface area contributed by atoms with Gasteiger partial charge in [0.05, 0.1) is 19.5 Å². The lowest BCUT2D eigenvalue weighted by Crippen LogP contribution is -2.46. The molecule has 56 heavy (non-hydrogen) atoms. The largest absolute Gasteiger partial charge is 0.481 e. The second kappa shape index (κ2) is 19.5. The summed E-state index contributed by atoms with van der Waals surface area (Å²) in [6.07, 6.45) is -1.88. The second-order valence-corrected chi connectivity index (χ2v) is 18.9. The molecule has 2 fully saturated rings. The lowest BCUT2D eigenvalue weighted by Gasteiger charge is -2.30. The molecular formula is C28H46N7O17P3S. The number of nitrogens with zero attached hydrogens (tertiary/aromatic N) is 4. The van der Waals surface area contributed by atoms with Crippen LogP contribution in [-0.4, -0.2) is 123 Å². The molecule has 10 N–H and O–H groups in total. The topological polar surface area (TPSA) is 364 Å². The summed E-state index contributed by atoms with van der Waals surface area (Å²) in [7, 11) is -16.4. The van der Waals surface area contributed by atoms with Gasteiger partial charge < -0.3 is 50.9 Å². The SMILES string of the molecule is CC(C)(COP(=O)(O)OP(=O)(O)OC[C@H]1O[C@@H](n2cnc3c(N)ncnc32)[C@H](O)[C@@H]1OP(=O)(O)O)C(O)C(=O)NCCC(=O)NCCSC(=O)C1CCCCC1. The van der Waals surface area contributed by atoms with Crippen LogP contribution in [0.3, 0.4) is 0 Å². The number of nitrogens with one attached hydrogen (secondary N) is 2. The van der Waals surface area contributed by atoms with Crippen LogP contribution in [0, 0.1) is 11.3 Å². The average molecular weight is 878 g/mol. The highest BCUT2D eigenvalue weighted by Crippen LogP contribution is 2.61. The number of nitrogen functional groups attached to an aromatic ring is 1. The van der Waals surface area contributed by atoms with Crippen molar-refractivity contribution in [2.75, 3.05) is 37.8 Å². The van der Waals surface area contributed by atoms with Crippen molar-refractivity contribution < 1.29 is 80.5 Å². The van der Waals surface area contributed by atoms with Gasteiger partial charge in [0.1, 0.15) is 36.3 Å². The summed E-state index contributed by atoms with van der Waals surface area (Å²) in [5.74, 6) is -0.949. The molecular weight excluding hydrogens is 831 g/mol. The molecule has 0 radical (unpaired) electrons. The summed E-state index contributed by atoms with van der Waals surface area (Å²) >= 11 is 1.18. The first kappa shape index (κ1) is 46.3. The number of hydrogen-bond acceptors (Lipinski definition) is 18. The van der Waals surface area contributed by atoms with Crippen molar-refractivity contribution in [1.29, 1.82) is 0 Å². The summed E-state index contributed by atoms with van der Waals surface area (Å²) < 4.78 is 62.1. The molecule has 3 unspecified atom stereocenters. The number of aliphatic hydroxyl groups is 2. The van der Waals surface area contributed by atoms with E-state index in [9.17, 15) is 57.9 Å². The number of carbonyl (C=O) groups excluding carboxylic acids is 3. The first-order valence-electron chi connectivity index (χ1n) is 17.1. The van der Waals surface area contributed by atoms with E-state index in [1.165, 1.54) is 25.6 Å². The van der Waals surface area contributed by atoms with Gasteiger partial charge in [-0.05, 0) is 12.8 Å². The number of phosphoric acid groups is 3. The van der Waals surface area contributed by atoms with E-state index in [2.05, 4.69) is 34.4 Å². The van der Waals surface area contributed by atoms with Crippen LogP contribution in [0.1, 0.15) is 58.6 Å². The Bertz CT molecular complexity index is 1840. The third kappa shape index (κ3) is 13.3. The maximum atomic E-state index is 12.7. The van der Waals surface area contributed by atoms with E-state index in [0.717, 1.165) is 49.3 Å². The Hall–Kier alpha value is -2.44. The zero-order chi connectivity index (χ0) is 41.5. The number of nitrogens with two attached hydrogens (primary N) is 1. The number of fused-ring (bicyclic) bond motifs is 1. The van der Waals surface area contributed by atoms with E-state index in [-0.39, 0.29) is 47.5 Å². The van der Waals surface area contributed by atoms with Crippen LogP contribution in [0.4, 0.5) is 5.82 Å². The molecule has 2 aromatic rings. The molecule has 2 aromatic heterocycles. The number of aliphatic hydroxyl groups excluding tert-OH is 2. The lowest BCUT2D eigenvalue weighted by atomic mass is 9.87. The number of rotatable bonds is 20. The Morgan fingerprint density at radius 1 is 1.04 bits per heavy atom. The van der Waals surface area contributed by atoms with Gasteiger partial charge in [0.25, 0.3) is 0 Å². The molecule has 0 aromatic carbocycles. The van der Waals surface area contributed by atoms with Crippen molar-refractivity contribution in [2.24, 2.45) is 11.3 Å². The van der Waals surface area contributed by atoms with E-state index in [4.69, 9.17) is 19.5 Å². The van der Waals surface area contributed by atoms with Crippen LogP contribution in [0.2, 0.25) is 0 Å². The number of anilines is 1. The van der Waals surface area contributed by atoms with Gasteiger partial charge >= 0.3 is 23.5 Å². The number of phosphoric ester groups is 3. The van der Waals surface area contributed by atoms with E-state index >= 15 is 0 Å². The van der Waals surface area contributed by atoms with Crippen LogP contribution < -0.4 is 16.4 Å². The van der Waals surface area contributed by atoms with Gasteiger partial charge in [0.15, 0.2) is 22.8 Å². The van der Waals surface area contributed by atoms with Crippen molar-refractivity contribution in [3.8, 4) is 0 Å². The highest BCUT2D eigenvalue weighted by atomic mass is 32.2. The second-order valence-electron chi connectivity index (χ2n) is 13.6. The molecule has 2 aliphatic rings. The molecule has 1 saturated carbocycles. The normalized spacial score (nSPS) is 23.6. The van der Waals surface area contributed by atoms with Gasteiger partial charge in [-0.3, -0.25) is 32.5 Å². The van der Waals surface area contributed by atoms with Gasteiger partial charge in [-0.15, -0.1) is 0 Å². The summed E-state index contributed by atoms with van der Waals surface area (Å²) in [4.78, 5) is 88.0. The predicted octanol–water partition coefficient (Wildman–Crippen LogP) is 0.245. The maximum Gasteiger partial charge on any atom is 0.481 e. The molecule has 0 spiro atoms. The fourth-order valence-corrected chi connectivity index (χ4v) is 9.44. The number of hydrogen-bond donors (Lipinski definition) is 9. The number of carbonyl (C=O) groups is 3. The lowest BCUT2D eigenvalue weighted by molar-refractivity contribution is -0.137. The number of thioether (sulfide) groups is 1. The molecule has 1 saturated heterocycles. The summed E-state index contributed by atoms with van der Waals surface area (Å²) in [5, 5.41) is 26.6. The molecule has 1 aliphatic heterocycles.